The van der Waals surface area contributed by atoms with Crippen molar-refractivity contribution in [1.29, 1.82) is 0 Å². The van der Waals surface area contributed by atoms with E-state index in [9.17, 15) is 19.5 Å². The van der Waals surface area contributed by atoms with Crippen molar-refractivity contribution in [3.05, 3.63) is 71.8 Å². The van der Waals surface area contributed by atoms with Crippen molar-refractivity contribution < 1.29 is 24.0 Å². The number of ketones is 1. The zero-order valence-electron chi connectivity index (χ0n) is 21.4. The van der Waals surface area contributed by atoms with Crippen molar-refractivity contribution in [1.82, 2.24) is 0 Å². The number of aliphatic carboxylic acids is 1. The predicted octanol–water partition coefficient (Wildman–Crippen LogP) is 5.46. The highest BCUT2D eigenvalue weighted by Gasteiger charge is 2.57. The number of quaternary nitrogens is 1. The van der Waals surface area contributed by atoms with Gasteiger partial charge in [0.1, 0.15) is 0 Å². The summed E-state index contributed by atoms with van der Waals surface area (Å²) in [6.45, 7) is 6.22. The molecule has 188 valence electrons. The Morgan fingerprint density at radius 1 is 0.943 bits per heavy atom. The minimum absolute atomic E-state index is 0.137. The molecule has 5 nitrogen and oxygen atoms in total. The van der Waals surface area contributed by atoms with Crippen LogP contribution >= 0.6 is 0 Å². The van der Waals surface area contributed by atoms with Crippen LogP contribution < -0.4 is 0 Å². The van der Waals surface area contributed by atoms with Crippen LogP contribution in [0, 0.1) is 11.3 Å². The molecular weight excluding hydrogens is 438 g/mol. The summed E-state index contributed by atoms with van der Waals surface area (Å²) in [5.74, 6) is -2.06. The molecule has 0 aliphatic carbocycles. The maximum Gasteiger partial charge on any atom is 0.383 e. The quantitative estimate of drug-likeness (QED) is 0.344. The molecule has 5 heteroatoms. The van der Waals surface area contributed by atoms with E-state index in [1.54, 1.807) is 13.8 Å². The summed E-state index contributed by atoms with van der Waals surface area (Å²) in [6.07, 6.45) is 5.09. The zero-order valence-corrected chi connectivity index (χ0v) is 21.4. The normalized spacial score (nSPS) is 22.5. The van der Waals surface area contributed by atoms with Crippen molar-refractivity contribution in [3.63, 3.8) is 0 Å². The molecule has 1 heterocycles. The smallest absolute Gasteiger partial charge is 0.383 e. The number of Topliss-reactive ketones (excluding diaryl/α,β-unsaturated/α-hetero) is 1. The van der Waals surface area contributed by atoms with Gasteiger partial charge in [0.05, 0.1) is 13.1 Å². The third kappa shape index (κ3) is 6.26. The second-order valence-corrected chi connectivity index (χ2v) is 10.7. The molecule has 1 N–H and O–H groups in total. The number of nitrogens with zero attached hydrogens (tertiary/aromatic N) is 1. The van der Waals surface area contributed by atoms with E-state index < -0.39 is 29.1 Å². The van der Waals surface area contributed by atoms with Gasteiger partial charge in [0.15, 0.2) is 6.04 Å². The third-order valence-corrected chi connectivity index (χ3v) is 7.99. The molecule has 2 aromatic carbocycles. The van der Waals surface area contributed by atoms with Crippen LogP contribution in [-0.2, 0) is 27.2 Å². The number of carboxylic acid groups (broad SMARTS) is 1. The lowest BCUT2D eigenvalue weighted by Crippen LogP contribution is -2.70. The molecule has 1 saturated heterocycles. The fraction of sp³-hybridized carbons (Fsp3) is 0.500. The van der Waals surface area contributed by atoms with E-state index in [1.807, 2.05) is 55.5 Å². The molecule has 0 spiro atoms. The topological polar surface area (TPSA) is 71.4 Å². The maximum absolute atomic E-state index is 14.0. The molecule has 1 aliphatic heterocycles. The van der Waals surface area contributed by atoms with Crippen molar-refractivity contribution >= 4 is 17.7 Å². The minimum Gasteiger partial charge on any atom is -0.477 e. The van der Waals surface area contributed by atoms with Crippen LogP contribution in [0.3, 0.4) is 0 Å². The molecule has 1 fully saturated rings. The van der Waals surface area contributed by atoms with E-state index >= 15 is 0 Å². The first kappa shape index (κ1) is 26.8. The second-order valence-electron chi connectivity index (χ2n) is 10.7. The molecule has 2 aromatic rings. The Hall–Kier alpha value is -2.79. The van der Waals surface area contributed by atoms with Gasteiger partial charge >= 0.3 is 11.9 Å². The Morgan fingerprint density at radius 3 is 2.06 bits per heavy atom. The summed E-state index contributed by atoms with van der Waals surface area (Å²) in [5.41, 5.74) is 1.48. The number of benzene rings is 2. The number of carbonyl (C=O) groups is 3. The van der Waals surface area contributed by atoms with Crippen LogP contribution in [0.2, 0.25) is 0 Å². The molecule has 1 amide bonds. The van der Waals surface area contributed by atoms with E-state index in [0.29, 0.717) is 25.9 Å². The van der Waals surface area contributed by atoms with Crippen LogP contribution in [0.1, 0.15) is 64.0 Å². The SMILES string of the molecule is CCC(C)(C)C(=O)C(=O)[N+]1(CCc2ccccc2)CCCC(CCCc2ccccc2)C1C(=O)O. The third-order valence-electron chi connectivity index (χ3n) is 7.99. The standard InChI is InChI=1S/C30H39NO4/c1-4-30(2,3)27(32)28(33)31(22-20-24-15-9-6-10-16-24)21-12-19-25(26(31)29(34)35)18-11-17-23-13-7-5-8-14-23/h5-10,13-16,25-26H,4,11-12,17-22H2,1-3H3/p+1. The molecule has 0 saturated carbocycles. The van der Waals surface area contributed by atoms with E-state index in [0.717, 1.165) is 37.7 Å². The van der Waals surface area contributed by atoms with Crippen molar-refractivity contribution in [3.8, 4) is 0 Å². The zero-order chi connectivity index (χ0) is 25.5. The second kappa shape index (κ2) is 11.8. The molecule has 1 aliphatic rings. The summed E-state index contributed by atoms with van der Waals surface area (Å²) in [4.78, 5) is 40.2. The number of hydrogen-bond donors (Lipinski definition) is 1. The van der Waals surface area contributed by atoms with Gasteiger partial charge in [-0.25, -0.2) is 14.1 Å². The Morgan fingerprint density at radius 2 is 1.51 bits per heavy atom. The van der Waals surface area contributed by atoms with Gasteiger partial charge in [-0.3, -0.25) is 4.79 Å². The monoisotopic (exact) mass is 478 g/mol. The number of hydrogen-bond acceptors (Lipinski definition) is 3. The largest absolute Gasteiger partial charge is 0.477 e. The van der Waals surface area contributed by atoms with E-state index in [-0.39, 0.29) is 10.4 Å². The summed E-state index contributed by atoms with van der Waals surface area (Å²) in [6, 6.07) is 19.1. The first-order valence-corrected chi connectivity index (χ1v) is 13.0. The van der Waals surface area contributed by atoms with Crippen molar-refractivity contribution in [2.75, 3.05) is 13.1 Å². The van der Waals surface area contributed by atoms with Crippen LogP contribution in [0.5, 0.6) is 0 Å². The fourth-order valence-corrected chi connectivity index (χ4v) is 5.47. The molecule has 3 rings (SSSR count). The average molecular weight is 479 g/mol. The minimum atomic E-state index is -0.960. The fourth-order valence-electron chi connectivity index (χ4n) is 5.47. The maximum atomic E-state index is 14.0. The average Bonchev–Trinajstić information content (AvgIpc) is 2.87. The van der Waals surface area contributed by atoms with Gasteiger partial charge in [-0.15, -0.1) is 0 Å². The number of amides is 1. The summed E-state index contributed by atoms with van der Waals surface area (Å²) >= 11 is 0. The van der Waals surface area contributed by atoms with Gasteiger partial charge in [0, 0.05) is 17.8 Å². The van der Waals surface area contributed by atoms with Crippen molar-refractivity contribution in [2.45, 2.75) is 71.8 Å². The molecular formula is C30H40NO4+. The molecule has 0 radical (unpaired) electrons. The molecule has 3 unspecified atom stereocenters. The Bertz CT molecular complexity index is 1000. The van der Waals surface area contributed by atoms with Crippen LogP contribution in [-0.4, -0.2) is 46.4 Å². The number of carboxylic acids is 1. The van der Waals surface area contributed by atoms with Crippen molar-refractivity contribution in [2.24, 2.45) is 11.3 Å². The molecule has 35 heavy (non-hydrogen) atoms. The Kier molecular flexibility index (Phi) is 9.01. The van der Waals surface area contributed by atoms with Gasteiger partial charge in [0.2, 0.25) is 0 Å². The lowest BCUT2D eigenvalue weighted by molar-refractivity contribution is -0.877. The number of likely N-dealkylation sites (tertiary alicyclic amines) is 1. The number of carbonyl (C=O) groups excluding carboxylic acids is 2. The van der Waals surface area contributed by atoms with Crippen LogP contribution in [0.25, 0.3) is 0 Å². The highest BCUT2D eigenvalue weighted by molar-refractivity contribution is 6.35. The lowest BCUT2D eigenvalue weighted by atomic mass is 9.79. The highest BCUT2D eigenvalue weighted by Crippen LogP contribution is 2.37. The van der Waals surface area contributed by atoms with Gasteiger partial charge < -0.3 is 5.11 Å². The van der Waals surface area contributed by atoms with Crippen LogP contribution in [0.15, 0.2) is 60.7 Å². The molecule has 0 bridgehead atoms. The van der Waals surface area contributed by atoms with Gasteiger partial charge in [-0.05, 0) is 49.7 Å². The van der Waals surface area contributed by atoms with Gasteiger partial charge in [-0.2, -0.15) is 0 Å². The van der Waals surface area contributed by atoms with E-state index in [4.69, 9.17) is 0 Å². The number of aryl methyl sites for hydroxylation is 1. The molecule has 3 atom stereocenters. The van der Waals surface area contributed by atoms with E-state index in [1.165, 1.54) is 5.56 Å². The Balaban J connectivity index is 1.91. The Labute approximate surface area is 209 Å². The first-order valence-electron chi connectivity index (χ1n) is 13.0. The summed E-state index contributed by atoms with van der Waals surface area (Å²) in [5, 5.41) is 10.5. The first-order chi connectivity index (χ1) is 16.7. The number of piperidine rings is 1. The van der Waals surface area contributed by atoms with E-state index in [2.05, 4.69) is 12.1 Å². The summed E-state index contributed by atoms with van der Waals surface area (Å²) in [7, 11) is 0. The van der Waals surface area contributed by atoms with Gasteiger partial charge in [-0.1, -0.05) is 81.4 Å². The molecule has 0 aromatic heterocycles. The lowest BCUT2D eigenvalue weighted by Gasteiger charge is -2.47. The summed E-state index contributed by atoms with van der Waals surface area (Å²) < 4.78 is -0.261. The number of rotatable bonds is 11. The predicted molar refractivity (Wildman–Crippen MR) is 138 cm³/mol. The van der Waals surface area contributed by atoms with Gasteiger partial charge in [0.25, 0.3) is 5.78 Å². The highest BCUT2D eigenvalue weighted by atomic mass is 16.4. The van der Waals surface area contributed by atoms with Crippen LogP contribution in [0.4, 0.5) is 0 Å².